The highest BCUT2D eigenvalue weighted by Gasteiger charge is 2.05. The highest BCUT2D eigenvalue weighted by molar-refractivity contribution is 8.14. The van der Waals surface area contributed by atoms with Crippen molar-refractivity contribution in [2.24, 2.45) is 0 Å². The molecule has 1 rings (SSSR count). The fourth-order valence-electron chi connectivity index (χ4n) is 0.592. The Morgan fingerprint density at radius 3 is 2.54 bits per heavy atom. The summed E-state index contributed by atoms with van der Waals surface area (Å²) in [5, 5.41) is 0.558. The van der Waals surface area contributed by atoms with Crippen molar-refractivity contribution in [3.8, 4) is 0 Å². The number of aromatic nitrogens is 2. The Hall–Kier alpha value is -0.330. The molecule has 0 aliphatic heterocycles. The van der Waals surface area contributed by atoms with Crippen LogP contribution in [0.2, 0.25) is 0 Å². The molecule has 1 heterocycles. The molecule has 0 saturated carbocycles. The van der Waals surface area contributed by atoms with Crippen LogP contribution in [0.1, 0.15) is 0 Å². The van der Waals surface area contributed by atoms with E-state index in [1.807, 2.05) is 0 Å². The Morgan fingerprint density at radius 1 is 1.38 bits per heavy atom. The van der Waals surface area contributed by atoms with Crippen molar-refractivity contribution >= 4 is 31.5 Å². The van der Waals surface area contributed by atoms with E-state index in [1.165, 1.54) is 11.8 Å². The minimum Gasteiger partial charge on any atom is -0.231 e. The molecule has 0 aliphatic carbocycles. The van der Waals surface area contributed by atoms with E-state index in [1.54, 1.807) is 18.5 Å². The van der Waals surface area contributed by atoms with Gasteiger partial charge in [0.2, 0.25) is 9.05 Å². The topological polar surface area (TPSA) is 59.9 Å². The zero-order chi connectivity index (χ0) is 9.73. The van der Waals surface area contributed by atoms with Gasteiger partial charge in [-0.2, -0.15) is 0 Å². The lowest BCUT2D eigenvalue weighted by Crippen LogP contribution is -2.00. The first-order chi connectivity index (χ1) is 6.08. The van der Waals surface area contributed by atoms with E-state index in [2.05, 4.69) is 9.97 Å². The van der Waals surface area contributed by atoms with Crippen molar-refractivity contribution in [2.75, 3.05) is 11.5 Å². The van der Waals surface area contributed by atoms with Crippen LogP contribution in [0, 0.1) is 0 Å². The lowest BCUT2D eigenvalue weighted by atomic mass is 10.7. The minimum absolute atomic E-state index is 0.0719. The Labute approximate surface area is 85.2 Å². The van der Waals surface area contributed by atoms with Gasteiger partial charge in [0.25, 0.3) is 0 Å². The molecule has 0 fully saturated rings. The van der Waals surface area contributed by atoms with Crippen molar-refractivity contribution in [1.29, 1.82) is 0 Å². The van der Waals surface area contributed by atoms with Crippen molar-refractivity contribution in [3.63, 3.8) is 0 Å². The summed E-state index contributed by atoms with van der Waals surface area (Å²) in [6.07, 6.45) is 3.20. The molecule has 0 bridgehead atoms. The molecular weight excluding hydrogens is 232 g/mol. The van der Waals surface area contributed by atoms with Crippen LogP contribution < -0.4 is 0 Å². The summed E-state index contributed by atoms with van der Waals surface area (Å²) in [6, 6.07) is 1.70. The number of rotatable bonds is 4. The van der Waals surface area contributed by atoms with Gasteiger partial charge >= 0.3 is 0 Å². The van der Waals surface area contributed by atoms with Crippen molar-refractivity contribution in [2.45, 2.75) is 5.16 Å². The maximum Gasteiger partial charge on any atom is 0.233 e. The first kappa shape index (κ1) is 10.7. The molecule has 0 aromatic carbocycles. The predicted octanol–water partition coefficient (Wildman–Crippen LogP) is 1.14. The second-order valence-corrected chi connectivity index (χ2v) is 6.08. The number of thioether (sulfide) groups is 1. The average Bonchev–Trinajstić information content (AvgIpc) is 2.04. The molecule has 4 nitrogen and oxygen atoms in total. The van der Waals surface area contributed by atoms with Crippen LogP contribution in [0.25, 0.3) is 0 Å². The third kappa shape index (κ3) is 5.07. The summed E-state index contributed by atoms with van der Waals surface area (Å²) in [5.41, 5.74) is 0. The van der Waals surface area contributed by atoms with Gasteiger partial charge in [0, 0.05) is 28.8 Å². The molecule has 0 N–H and O–H groups in total. The van der Waals surface area contributed by atoms with Gasteiger partial charge in [0.05, 0.1) is 5.75 Å². The van der Waals surface area contributed by atoms with E-state index in [9.17, 15) is 8.42 Å². The van der Waals surface area contributed by atoms with E-state index in [0.717, 1.165) is 0 Å². The Morgan fingerprint density at radius 2 is 2.00 bits per heavy atom. The van der Waals surface area contributed by atoms with Crippen LogP contribution in [0.4, 0.5) is 0 Å². The maximum atomic E-state index is 10.5. The molecule has 72 valence electrons. The highest BCUT2D eigenvalue weighted by Crippen LogP contribution is 2.12. The summed E-state index contributed by atoms with van der Waals surface area (Å²) >= 11 is 1.26. The molecule has 1 aromatic heterocycles. The number of hydrogen-bond donors (Lipinski definition) is 0. The van der Waals surface area contributed by atoms with E-state index < -0.39 is 9.05 Å². The summed E-state index contributed by atoms with van der Waals surface area (Å²) < 4.78 is 21.1. The van der Waals surface area contributed by atoms with Gasteiger partial charge < -0.3 is 0 Å². The van der Waals surface area contributed by atoms with Gasteiger partial charge in [0.15, 0.2) is 5.16 Å². The summed E-state index contributed by atoms with van der Waals surface area (Å²) in [5.74, 6) is 0.299. The largest absolute Gasteiger partial charge is 0.233 e. The molecule has 7 heteroatoms. The van der Waals surface area contributed by atoms with Crippen LogP contribution in [0.5, 0.6) is 0 Å². The second kappa shape index (κ2) is 4.78. The lowest BCUT2D eigenvalue weighted by molar-refractivity contribution is 0.611. The molecular formula is C6H7ClN2O2S2. The van der Waals surface area contributed by atoms with Crippen LogP contribution in [-0.4, -0.2) is 29.9 Å². The van der Waals surface area contributed by atoms with Gasteiger partial charge in [-0.1, -0.05) is 11.8 Å². The molecule has 1 aromatic rings. The highest BCUT2D eigenvalue weighted by atomic mass is 35.7. The van der Waals surface area contributed by atoms with Crippen molar-refractivity contribution in [3.05, 3.63) is 18.5 Å². The van der Waals surface area contributed by atoms with Gasteiger partial charge in [-0.05, 0) is 6.07 Å². The van der Waals surface area contributed by atoms with Crippen LogP contribution in [0.3, 0.4) is 0 Å². The summed E-state index contributed by atoms with van der Waals surface area (Å²) in [7, 11) is 1.62. The van der Waals surface area contributed by atoms with E-state index in [4.69, 9.17) is 10.7 Å². The molecule has 0 atom stereocenters. The number of nitrogens with zero attached hydrogens (tertiary/aromatic N) is 2. The normalized spacial score (nSPS) is 11.5. The van der Waals surface area contributed by atoms with Gasteiger partial charge in [-0.15, -0.1) is 0 Å². The standard InChI is InChI=1S/C6H7ClN2O2S2/c7-13(10,11)5-4-12-6-8-2-1-3-9-6/h1-3H,4-5H2. The SMILES string of the molecule is O=S(=O)(Cl)CCSc1ncccn1. The molecule has 0 aliphatic rings. The number of halogens is 1. The van der Waals surface area contributed by atoms with Crippen LogP contribution >= 0.6 is 22.4 Å². The van der Waals surface area contributed by atoms with E-state index in [-0.39, 0.29) is 5.75 Å². The van der Waals surface area contributed by atoms with Gasteiger partial charge in [0.1, 0.15) is 0 Å². The molecule has 0 amide bonds. The van der Waals surface area contributed by atoms with Gasteiger partial charge in [-0.25, -0.2) is 18.4 Å². The molecule has 0 unspecified atom stereocenters. The monoisotopic (exact) mass is 238 g/mol. The minimum atomic E-state index is -3.40. The third-order valence-electron chi connectivity index (χ3n) is 1.10. The Bertz CT molecular complexity index is 354. The zero-order valence-electron chi connectivity index (χ0n) is 6.55. The first-order valence-electron chi connectivity index (χ1n) is 3.40. The maximum absolute atomic E-state index is 10.5. The average molecular weight is 239 g/mol. The second-order valence-electron chi connectivity index (χ2n) is 2.12. The third-order valence-corrected chi connectivity index (χ3v) is 3.39. The van der Waals surface area contributed by atoms with Crippen LogP contribution in [-0.2, 0) is 9.05 Å². The fourth-order valence-corrected chi connectivity index (χ4v) is 2.74. The Balaban J connectivity index is 2.37. The van der Waals surface area contributed by atoms with Crippen LogP contribution in [0.15, 0.2) is 23.6 Å². The summed E-state index contributed by atoms with van der Waals surface area (Å²) in [6.45, 7) is 0. The zero-order valence-corrected chi connectivity index (χ0v) is 8.94. The smallest absolute Gasteiger partial charge is 0.231 e. The number of hydrogen-bond acceptors (Lipinski definition) is 5. The molecule has 0 spiro atoms. The molecule has 13 heavy (non-hydrogen) atoms. The lowest BCUT2D eigenvalue weighted by Gasteiger charge is -1.96. The Kier molecular flexibility index (Phi) is 3.95. The molecule has 0 radical (unpaired) electrons. The first-order valence-corrected chi connectivity index (χ1v) is 6.86. The quantitative estimate of drug-likeness (QED) is 0.447. The van der Waals surface area contributed by atoms with Gasteiger partial charge in [-0.3, -0.25) is 0 Å². The van der Waals surface area contributed by atoms with E-state index in [0.29, 0.717) is 10.9 Å². The van der Waals surface area contributed by atoms with Crippen molar-refractivity contribution < 1.29 is 8.42 Å². The molecule has 0 saturated heterocycles. The fraction of sp³-hybridized carbons (Fsp3) is 0.333. The van der Waals surface area contributed by atoms with E-state index >= 15 is 0 Å². The van der Waals surface area contributed by atoms with Crippen molar-refractivity contribution in [1.82, 2.24) is 9.97 Å². The predicted molar refractivity (Wildman–Crippen MR) is 52.4 cm³/mol. The summed E-state index contributed by atoms with van der Waals surface area (Å²) in [4.78, 5) is 7.82.